The third-order valence-electron chi connectivity index (χ3n) is 3.42. The number of nitro groups is 1. The van der Waals surface area contributed by atoms with Crippen LogP contribution in [0.15, 0.2) is 16.7 Å². The molecule has 2 heterocycles. The highest BCUT2D eigenvalue weighted by molar-refractivity contribution is 9.10. The zero-order chi connectivity index (χ0) is 15.2. The number of ether oxygens (including phenoxy) is 2. The molecule has 116 valence electrons. The molecule has 0 aliphatic carbocycles. The van der Waals surface area contributed by atoms with Crippen LogP contribution in [0, 0.1) is 10.1 Å². The van der Waals surface area contributed by atoms with Gasteiger partial charge in [0.25, 0.3) is 5.88 Å². The SMILES string of the molecule is COC1CCN(CCCOc2ncc(Br)cc2[N+](=O)[O-])C1. The molecule has 0 N–H and O–H groups in total. The maximum atomic E-state index is 10.9. The van der Waals surface area contributed by atoms with E-state index in [9.17, 15) is 10.1 Å². The highest BCUT2D eigenvalue weighted by Crippen LogP contribution is 2.27. The van der Waals surface area contributed by atoms with E-state index in [2.05, 4.69) is 25.8 Å². The summed E-state index contributed by atoms with van der Waals surface area (Å²) in [6.45, 7) is 3.26. The van der Waals surface area contributed by atoms with Crippen LogP contribution in [0.1, 0.15) is 12.8 Å². The van der Waals surface area contributed by atoms with E-state index in [1.807, 2.05) is 0 Å². The highest BCUT2D eigenvalue weighted by Gasteiger charge is 2.21. The molecule has 8 heteroatoms. The molecule has 1 atom stereocenters. The fraction of sp³-hybridized carbons (Fsp3) is 0.615. The Morgan fingerprint density at radius 1 is 1.62 bits per heavy atom. The molecule has 0 spiro atoms. The molecule has 1 saturated heterocycles. The largest absolute Gasteiger partial charge is 0.473 e. The van der Waals surface area contributed by atoms with Crippen molar-refractivity contribution in [3.63, 3.8) is 0 Å². The summed E-state index contributed by atoms with van der Waals surface area (Å²) < 4.78 is 11.3. The predicted octanol–water partition coefficient (Wildman–Crippen LogP) is 2.24. The lowest BCUT2D eigenvalue weighted by molar-refractivity contribution is -0.386. The van der Waals surface area contributed by atoms with Gasteiger partial charge in [-0.3, -0.25) is 10.1 Å². The van der Waals surface area contributed by atoms with E-state index in [1.165, 1.54) is 12.3 Å². The highest BCUT2D eigenvalue weighted by atomic mass is 79.9. The third kappa shape index (κ3) is 4.62. The standard InChI is InChI=1S/C13H18BrN3O4/c1-20-11-3-5-16(9-11)4-2-6-21-13-12(17(18)19)7-10(14)8-15-13/h7-8,11H,2-6,9H2,1H3. The Balaban J connectivity index is 1.77. The normalized spacial score (nSPS) is 18.9. The van der Waals surface area contributed by atoms with Crippen LogP contribution in [0.3, 0.4) is 0 Å². The van der Waals surface area contributed by atoms with E-state index < -0.39 is 4.92 Å². The Labute approximate surface area is 131 Å². The topological polar surface area (TPSA) is 77.7 Å². The van der Waals surface area contributed by atoms with Gasteiger partial charge in [0.2, 0.25) is 0 Å². The minimum absolute atomic E-state index is 0.0689. The van der Waals surface area contributed by atoms with Crippen molar-refractivity contribution in [1.29, 1.82) is 0 Å². The molecule has 2 rings (SSSR count). The summed E-state index contributed by atoms with van der Waals surface area (Å²) in [7, 11) is 1.73. The molecule has 1 fully saturated rings. The number of aromatic nitrogens is 1. The van der Waals surface area contributed by atoms with Gasteiger partial charge >= 0.3 is 5.69 Å². The van der Waals surface area contributed by atoms with Crippen molar-refractivity contribution in [2.75, 3.05) is 33.4 Å². The van der Waals surface area contributed by atoms with E-state index in [4.69, 9.17) is 9.47 Å². The van der Waals surface area contributed by atoms with Crippen LogP contribution in [-0.2, 0) is 4.74 Å². The van der Waals surface area contributed by atoms with E-state index >= 15 is 0 Å². The van der Waals surface area contributed by atoms with Crippen LogP contribution >= 0.6 is 15.9 Å². The van der Waals surface area contributed by atoms with Gasteiger partial charge in [-0.1, -0.05) is 0 Å². The summed E-state index contributed by atoms with van der Waals surface area (Å²) in [6, 6.07) is 1.39. The van der Waals surface area contributed by atoms with Gasteiger partial charge in [0.15, 0.2) is 0 Å². The summed E-state index contributed by atoms with van der Waals surface area (Å²) in [6.07, 6.45) is 3.66. The van der Waals surface area contributed by atoms with Gasteiger partial charge in [-0.05, 0) is 28.8 Å². The molecule has 1 aliphatic heterocycles. The maximum absolute atomic E-state index is 10.9. The van der Waals surface area contributed by atoms with Crippen LogP contribution in [0.5, 0.6) is 5.88 Å². The number of hydrogen-bond donors (Lipinski definition) is 0. The van der Waals surface area contributed by atoms with Gasteiger partial charge in [0.05, 0.1) is 17.6 Å². The van der Waals surface area contributed by atoms with E-state index in [1.54, 1.807) is 7.11 Å². The number of rotatable bonds is 7. The van der Waals surface area contributed by atoms with Crippen LogP contribution in [0.2, 0.25) is 0 Å². The lowest BCUT2D eigenvalue weighted by Gasteiger charge is -2.15. The summed E-state index contributed by atoms with van der Waals surface area (Å²) in [5.74, 6) is 0.0689. The molecule has 0 bridgehead atoms. The second-order valence-corrected chi connectivity index (χ2v) is 5.80. The lowest BCUT2D eigenvalue weighted by atomic mass is 10.3. The number of likely N-dealkylation sites (tertiary alicyclic amines) is 1. The van der Waals surface area contributed by atoms with Crippen LogP contribution in [-0.4, -0.2) is 54.3 Å². The first-order valence-electron chi connectivity index (χ1n) is 6.78. The predicted molar refractivity (Wildman–Crippen MR) is 80.6 cm³/mol. The molecule has 7 nitrogen and oxygen atoms in total. The van der Waals surface area contributed by atoms with Crippen molar-refractivity contribution in [1.82, 2.24) is 9.88 Å². The quantitative estimate of drug-likeness (QED) is 0.422. The summed E-state index contributed by atoms with van der Waals surface area (Å²) in [4.78, 5) is 16.7. The zero-order valence-electron chi connectivity index (χ0n) is 11.8. The Kier molecular flexibility index (Phi) is 5.89. The monoisotopic (exact) mass is 359 g/mol. The second kappa shape index (κ2) is 7.67. The van der Waals surface area contributed by atoms with Crippen molar-refractivity contribution in [3.8, 4) is 5.88 Å². The van der Waals surface area contributed by atoms with E-state index in [0.29, 0.717) is 17.2 Å². The van der Waals surface area contributed by atoms with E-state index in [-0.39, 0.29) is 11.6 Å². The van der Waals surface area contributed by atoms with Crippen molar-refractivity contribution < 1.29 is 14.4 Å². The maximum Gasteiger partial charge on any atom is 0.332 e. The molecule has 0 radical (unpaired) electrons. The smallest absolute Gasteiger partial charge is 0.332 e. The number of nitrogens with zero attached hydrogens (tertiary/aromatic N) is 3. The van der Waals surface area contributed by atoms with Crippen molar-refractivity contribution in [2.24, 2.45) is 0 Å². The Hall–Kier alpha value is -1.25. The Morgan fingerprint density at radius 2 is 2.43 bits per heavy atom. The molecule has 0 amide bonds. The van der Waals surface area contributed by atoms with Crippen LogP contribution in [0.25, 0.3) is 0 Å². The molecule has 1 aromatic rings. The zero-order valence-corrected chi connectivity index (χ0v) is 13.4. The average molecular weight is 360 g/mol. The molecule has 21 heavy (non-hydrogen) atoms. The Morgan fingerprint density at radius 3 is 3.10 bits per heavy atom. The number of halogens is 1. The second-order valence-electron chi connectivity index (χ2n) is 4.88. The summed E-state index contributed by atoms with van der Waals surface area (Å²) in [5, 5.41) is 10.9. The molecule has 1 aliphatic rings. The van der Waals surface area contributed by atoms with Crippen molar-refractivity contribution in [2.45, 2.75) is 18.9 Å². The summed E-state index contributed by atoms with van der Waals surface area (Å²) >= 11 is 3.16. The van der Waals surface area contributed by atoms with Gasteiger partial charge in [-0.25, -0.2) is 4.98 Å². The van der Waals surface area contributed by atoms with Crippen LogP contribution in [0.4, 0.5) is 5.69 Å². The molecule has 1 unspecified atom stereocenters. The van der Waals surface area contributed by atoms with Gasteiger partial charge < -0.3 is 14.4 Å². The first-order valence-corrected chi connectivity index (χ1v) is 7.57. The first kappa shape index (κ1) is 16.1. The van der Waals surface area contributed by atoms with Gasteiger partial charge in [-0.15, -0.1) is 0 Å². The van der Waals surface area contributed by atoms with E-state index in [0.717, 1.165) is 32.5 Å². The average Bonchev–Trinajstić information content (AvgIpc) is 2.92. The fourth-order valence-corrected chi connectivity index (χ4v) is 2.63. The minimum Gasteiger partial charge on any atom is -0.473 e. The fourth-order valence-electron chi connectivity index (χ4n) is 2.31. The third-order valence-corrected chi connectivity index (χ3v) is 3.85. The Bertz CT molecular complexity index is 500. The molecule has 0 aromatic carbocycles. The van der Waals surface area contributed by atoms with Gasteiger partial charge in [0.1, 0.15) is 0 Å². The molecule has 0 saturated carbocycles. The molecule has 1 aromatic heterocycles. The van der Waals surface area contributed by atoms with Crippen molar-refractivity contribution in [3.05, 3.63) is 26.9 Å². The number of pyridine rings is 1. The molecular formula is C13H18BrN3O4. The number of methoxy groups -OCH3 is 1. The van der Waals surface area contributed by atoms with Crippen LogP contribution < -0.4 is 4.74 Å². The minimum atomic E-state index is -0.489. The lowest BCUT2D eigenvalue weighted by Crippen LogP contribution is -2.25. The van der Waals surface area contributed by atoms with Crippen molar-refractivity contribution >= 4 is 21.6 Å². The first-order chi connectivity index (χ1) is 10.1. The number of hydrogen-bond acceptors (Lipinski definition) is 6. The van der Waals surface area contributed by atoms with Gasteiger partial charge in [-0.2, -0.15) is 0 Å². The molecular weight excluding hydrogens is 342 g/mol. The summed E-state index contributed by atoms with van der Waals surface area (Å²) in [5.41, 5.74) is -0.120. The van der Waals surface area contributed by atoms with Gasteiger partial charge in [0, 0.05) is 43.5 Å².